The van der Waals surface area contributed by atoms with Gasteiger partial charge in [-0.25, -0.2) is 8.42 Å². The Labute approximate surface area is 151 Å². The van der Waals surface area contributed by atoms with Crippen molar-refractivity contribution in [2.45, 2.75) is 4.90 Å². The number of para-hydroxylation sites is 1. The summed E-state index contributed by atoms with van der Waals surface area (Å²) in [4.78, 5) is 0.0549. The molecular formula is C17H17BN2O5S. The van der Waals surface area contributed by atoms with Gasteiger partial charge in [0.15, 0.2) is 0 Å². The fourth-order valence-electron chi connectivity index (χ4n) is 2.80. The number of ether oxygens (including phenoxy) is 1. The minimum absolute atomic E-state index is 0.0332. The number of anilines is 2. The number of sulfonamides is 1. The van der Waals surface area contributed by atoms with Crippen LogP contribution >= 0.6 is 0 Å². The Kier molecular flexibility index (Phi) is 4.77. The molecule has 9 heteroatoms. The van der Waals surface area contributed by atoms with Crippen LogP contribution in [0.2, 0.25) is 0 Å². The number of rotatable bonds is 5. The van der Waals surface area contributed by atoms with Crippen molar-refractivity contribution in [3.63, 3.8) is 0 Å². The average molecular weight is 372 g/mol. The van der Waals surface area contributed by atoms with Crippen LogP contribution in [0.5, 0.6) is 5.75 Å². The molecular weight excluding hydrogens is 355 g/mol. The van der Waals surface area contributed by atoms with E-state index in [1.54, 1.807) is 24.3 Å². The lowest BCUT2D eigenvalue weighted by Gasteiger charge is -2.16. The van der Waals surface area contributed by atoms with E-state index < -0.39 is 17.1 Å². The van der Waals surface area contributed by atoms with Crippen molar-refractivity contribution >= 4 is 44.8 Å². The number of nitrogens with one attached hydrogen (secondary N) is 1. The van der Waals surface area contributed by atoms with E-state index in [0.717, 1.165) is 0 Å². The van der Waals surface area contributed by atoms with Gasteiger partial charge in [-0.05, 0) is 18.2 Å². The van der Waals surface area contributed by atoms with Crippen molar-refractivity contribution in [1.29, 1.82) is 0 Å². The molecule has 0 bridgehead atoms. The van der Waals surface area contributed by atoms with Gasteiger partial charge in [0.2, 0.25) is 0 Å². The minimum Gasteiger partial charge on any atom is -0.495 e. The van der Waals surface area contributed by atoms with Gasteiger partial charge in [-0.2, -0.15) is 0 Å². The summed E-state index contributed by atoms with van der Waals surface area (Å²) in [6.45, 7) is 0. The number of benzene rings is 3. The second-order valence-electron chi connectivity index (χ2n) is 5.61. The molecule has 134 valence electrons. The SMILES string of the molecule is COc1c(NS(=O)(=O)c2ccc(N)c3ccccc23)cccc1B(O)O. The lowest BCUT2D eigenvalue weighted by Crippen LogP contribution is -2.32. The first-order valence-electron chi connectivity index (χ1n) is 7.68. The fraction of sp³-hybridized carbons (Fsp3) is 0.0588. The summed E-state index contributed by atoms with van der Waals surface area (Å²) in [6, 6.07) is 14.3. The number of hydrogen-bond acceptors (Lipinski definition) is 6. The second kappa shape index (κ2) is 6.87. The van der Waals surface area contributed by atoms with E-state index in [1.807, 2.05) is 0 Å². The van der Waals surface area contributed by atoms with Crippen LogP contribution in [-0.2, 0) is 10.0 Å². The largest absolute Gasteiger partial charge is 0.495 e. The normalized spacial score (nSPS) is 11.3. The quantitative estimate of drug-likeness (QED) is 0.390. The van der Waals surface area contributed by atoms with E-state index in [4.69, 9.17) is 10.5 Å². The molecule has 0 amide bonds. The first kappa shape index (κ1) is 18.1. The molecule has 0 unspecified atom stereocenters. The van der Waals surface area contributed by atoms with Crippen molar-refractivity contribution in [2.75, 3.05) is 17.6 Å². The number of fused-ring (bicyclic) bond motifs is 1. The Hall–Kier alpha value is -2.75. The lowest BCUT2D eigenvalue weighted by molar-refractivity contribution is 0.404. The maximum atomic E-state index is 12.9. The lowest BCUT2D eigenvalue weighted by atomic mass is 9.79. The topological polar surface area (TPSA) is 122 Å². The van der Waals surface area contributed by atoms with Crippen LogP contribution in [0.15, 0.2) is 59.5 Å². The van der Waals surface area contributed by atoms with E-state index in [2.05, 4.69) is 4.72 Å². The second-order valence-corrected chi connectivity index (χ2v) is 7.26. The maximum Gasteiger partial charge on any atom is 0.492 e. The molecule has 3 aromatic carbocycles. The molecule has 0 radical (unpaired) electrons. The molecule has 0 saturated heterocycles. The van der Waals surface area contributed by atoms with Gasteiger partial charge in [0, 0.05) is 21.9 Å². The first-order valence-corrected chi connectivity index (χ1v) is 9.16. The van der Waals surface area contributed by atoms with Crippen LogP contribution in [0.1, 0.15) is 0 Å². The smallest absolute Gasteiger partial charge is 0.492 e. The highest BCUT2D eigenvalue weighted by molar-refractivity contribution is 7.93. The molecule has 3 aromatic rings. The monoisotopic (exact) mass is 372 g/mol. The van der Waals surface area contributed by atoms with Crippen LogP contribution < -0.4 is 20.7 Å². The number of nitrogen functional groups attached to an aromatic ring is 1. The number of nitrogens with two attached hydrogens (primary N) is 1. The molecule has 26 heavy (non-hydrogen) atoms. The molecule has 0 aliphatic rings. The predicted octanol–water partition coefficient (Wildman–Crippen LogP) is 0.911. The van der Waals surface area contributed by atoms with Gasteiger partial charge < -0.3 is 20.5 Å². The molecule has 0 aliphatic heterocycles. The third-order valence-electron chi connectivity index (χ3n) is 3.98. The van der Waals surface area contributed by atoms with E-state index in [9.17, 15) is 18.5 Å². The van der Waals surface area contributed by atoms with E-state index in [-0.39, 0.29) is 21.8 Å². The molecule has 5 N–H and O–H groups in total. The third kappa shape index (κ3) is 3.19. The Bertz CT molecular complexity index is 1070. The van der Waals surface area contributed by atoms with Crippen LogP contribution in [0.3, 0.4) is 0 Å². The summed E-state index contributed by atoms with van der Waals surface area (Å²) in [5.41, 5.74) is 6.55. The summed E-state index contributed by atoms with van der Waals surface area (Å²) in [5, 5.41) is 20.0. The molecule has 7 nitrogen and oxygen atoms in total. The zero-order valence-electron chi connectivity index (χ0n) is 13.9. The summed E-state index contributed by atoms with van der Waals surface area (Å²) < 4.78 is 33.5. The van der Waals surface area contributed by atoms with Gasteiger partial charge >= 0.3 is 7.12 Å². The summed E-state index contributed by atoms with van der Waals surface area (Å²) in [6.07, 6.45) is 0. The highest BCUT2D eigenvalue weighted by Crippen LogP contribution is 2.30. The minimum atomic E-state index is -3.98. The van der Waals surface area contributed by atoms with Crippen LogP contribution in [0, 0.1) is 0 Å². The highest BCUT2D eigenvalue weighted by Gasteiger charge is 2.24. The van der Waals surface area contributed by atoms with Crippen molar-refractivity contribution in [1.82, 2.24) is 0 Å². The molecule has 0 aromatic heterocycles. The fourth-order valence-corrected chi connectivity index (χ4v) is 4.07. The maximum absolute atomic E-state index is 12.9. The standard InChI is InChI=1S/C17H17BN2O5S/c1-25-17-13(18(21)22)7-4-8-15(17)20-26(23,24)16-10-9-14(19)11-5-2-3-6-12(11)16/h2-10,20-22H,19H2,1H3. The zero-order chi connectivity index (χ0) is 18.9. The van der Waals surface area contributed by atoms with Crippen molar-refractivity contribution < 1.29 is 23.2 Å². The molecule has 0 fully saturated rings. The number of methoxy groups -OCH3 is 1. The van der Waals surface area contributed by atoms with Gasteiger partial charge in [-0.1, -0.05) is 36.4 Å². The van der Waals surface area contributed by atoms with Gasteiger partial charge in [-0.15, -0.1) is 0 Å². The van der Waals surface area contributed by atoms with Gasteiger partial charge in [0.25, 0.3) is 10.0 Å². The third-order valence-corrected chi connectivity index (χ3v) is 5.40. The van der Waals surface area contributed by atoms with Crippen molar-refractivity contribution in [3.05, 3.63) is 54.6 Å². The van der Waals surface area contributed by atoms with Gasteiger partial charge in [0.1, 0.15) is 5.75 Å². The Morgan fingerprint density at radius 2 is 1.69 bits per heavy atom. The molecule has 3 rings (SSSR count). The zero-order valence-corrected chi connectivity index (χ0v) is 14.7. The Morgan fingerprint density at radius 1 is 1.00 bits per heavy atom. The van der Waals surface area contributed by atoms with E-state index in [0.29, 0.717) is 16.5 Å². The van der Waals surface area contributed by atoms with Crippen LogP contribution in [0.25, 0.3) is 10.8 Å². The Morgan fingerprint density at radius 3 is 2.35 bits per heavy atom. The van der Waals surface area contributed by atoms with Crippen LogP contribution in [-0.4, -0.2) is 32.7 Å². The summed E-state index contributed by atoms with van der Waals surface area (Å²) >= 11 is 0. The Balaban J connectivity index is 2.12. The number of hydrogen-bond donors (Lipinski definition) is 4. The molecule has 0 aliphatic carbocycles. The first-order chi connectivity index (χ1) is 12.3. The van der Waals surface area contributed by atoms with Crippen molar-refractivity contribution in [3.8, 4) is 5.75 Å². The van der Waals surface area contributed by atoms with Gasteiger partial charge in [0.05, 0.1) is 17.7 Å². The molecule has 0 spiro atoms. The van der Waals surface area contributed by atoms with Gasteiger partial charge in [-0.3, -0.25) is 4.72 Å². The molecule has 0 saturated carbocycles. The summed E-state index contributed by atoms with van der Waals surface area (Å²) in [7, 11) is -4.46. The highest BCUT2D eigenvalue weighted by atomic mass is 32.2. The predicted molar refractivity (Wildman–Crippen MR) is 102 cm³/mol. The summed E-state index contributed by atoms with van der Waals surface area (Å²) in [5.74, 6) is 0.0332. The molecule has 0 heterocycles. The van der Waals surface area contributed by atoms with Crippen molar-refractivity contribution in [2.24, 2.45) is 0 Å². The molecule has 0 atom stereocenters. The average Bonchev–Trinajstić information content (AvgIpc) is 2.61. The van der Waals surface area contributed by atoms with E-state index in [1.165, 1.54) is 37.4 Å². The van der Waals surface area contributed by atoms with E-state index >= 15 is 0 Å². The van der Waals surface area contributed by atoms with Crippen LogP contribution in [0.4, 0.5) is 11.4 Å².